The lowest BCUT2D eigenvalue weighted by atomic mass is 9.90. The van der Waals surface area contributed by atoms with Gasteiger partial charge in [0.25, 0.3) is 0 Å². The van der Waals surface area contributed by atoms with Crippen molar-refractivity contribution in [3.8, 4) is 0 Å². The molecule has 148 valence electrons. The van der Waals surface area contributed by atoms with E-state index in [1.165, 1.54) is 31.2 Å². The van der Waals surface area contributed by atoms with Crippen LogP contribution < -0.4 is 5.32 Å². The number of nitrogens with zero attached hydrogens (tertiary/aromatic N) is 2. The summed E-state index contributed by atoms with van der Waals surface area (Å²) in [6.45, 7) is 2.72. The Morgan fingerprint density at radius 1 is 1.04 bits per heavy atom. The van der Waals surface area contributed by atoms with E-state index in [-0.39, 0.29) is 5.92 Å². The second-order valence-corrected chi connectivity index (χ2v) is 10.7. The maximum Gasteiger partial charge on any atom is 0.194 e. The molecule has 3 aliphatic rings. The van der Waals surface area contributed by atoms with Crippen molar-refractivity contribution in [2.45, 2.75) is 44.6 Å². The lowest BCUT2D eigenvalue weighted by Gasteiger charge is -2.34. The number of likely N-dealkylation sites (tertiary alicyclic amines) is 1. The van der Waals surface area contributed by atoms with E-state index in [0.717, 1.165) is 37.8 Å². The summed E-state index contributed by atoms with van der Waals surface area (Å²) >= 11 is 0. The number of nitrogens with one attached hydrogen (secondary N) is 1. The van der Waals surface area contributed by atoms with Gasteiger partial charge in [-0.15, -0.1) is 0 Å². The number of hydrogen-bond donors (Lipinski definition) is 1. The van der Waals surface area contributed by atoms with E-state index in [2.05, 4.69) is 40.5 Å². The number of aliphatic imine (C=N–C) groups is 1. The Hall–Kier alpha value is -1.56. The molecule has 4 rings (SSSR count). The van der Waals surface area contributed by atoms with Crippen LogP contribution in [-0.4, -0.2) is 56.5 Å². The van der Waals surface area contributed by atoms with Gasteiger partial charge in [-0.2, -0.15) is 0 Å². The van der Waals surface area contributed by atoms with Gasteiger partial charge < -0.3 is 10.2 Å². The molecule has 3 fully saturated rings. The zero-order valence-electron chi connectivity index (χ0n) is 16.0. The Morgan fingerprint density at radius 3 is 2.41 bits per heavy atom. The first-order chi connectivity index (χ1) is 13.1. The van der Waals surface area contributed by atoms with Gasteiger partial charge in [0.15, 0.2) is 15.8 Å². The minimum atomic E-state index is -2.82. The second-order valence-electron chi connectivity index (χ2n) is 8.47. The molecule has 1 atom stereocenters. The van der Waals surface area contributed by atoms with Crippen LogP contribution in [-0.2, 0) is 16.3 Å². The standard InChI is InChI=1S/C21H31N3O2S/c25-27(26)13-10-19(16-27)15-22-21(23-20-6-7-20)24-11-8-18(9-12-24)14-17-4-2-1-3-5-17/h1-5,18-20H,6-16H2,(H,22,23). The Morgan fingerprint density at radius 2 is 1.78 bits per heavy atom. The molecule has 1 aliphatic carbocycles. The first-order valence-electron chi connectivity index (χ1n) is 10.4. The minimum absolute atomic E-state index is 0.196. The fraction of sp³-hybridized carbons (Fsp3) is 0.667. The quantitative estimate of drug-likeness (QED) is 0.621. The normalized spacial score (nSPS) is 26.3. The van der Waals surface area contributed by atoms with E-state index in [0.29, 0.717) is 24.1 Å². The van der Waals surface area contributed by atoms with E-state index in [9.17, 15) is 8.42 Å². The van der Waals surface area contributed by atoms with Crippen molar-refractivity contribution in [1.82, 2.24) is 10.2 Å². The first kappa shape index (κ1) is 18.8. The van der Waals surface area contributed by atoms with E-state index in [4.69, 9.17) is 4.99 Å². The summed E-state index contributed by atoms with van der Waals surface area (Å²) in [5.74, 6) is 2.60. The van der Waals surface area contributed by atoms with Crippen LogP contribution in [0, 0.1) is 11.8 Å². The highest BCUT2D eigenvalue weighted by Gasteiger charge is 2.30. The fourth-order valence-corrected chi connectivity index (χ4v) is 6.02. The molecule has 6 heteroatoms. The summed E-state index contributed by atoms with van der Waals surface area (Å²) in [7, 11) is -2.82. The maximum atomic E-state index is 11.7. The summed E-state index contributed by atoms with van der Waals surface area (Å²) in [6.07, 6.45) is 6.76. The van der Waals surface area contributed by atoms with Crippen LogP contribution in [0.4, 0.5) is 0 Å². The average molecular weight is 390 g/mol. The Bertz CT molecular complexity index is 751. The summed E-state index contributed by atoms with van der Waals surface area (Å²) in [5, 5.41) is 3.60. The fourth-order valence-electron chi connectivity index (χ4n) is 4.18. The maximum absolute atomic E-state index is 11.7. The Labute approximate surface area is 163 Å². The number of sulfone groups is 1. The molecule has 1 unspecified atom stereocenters. The van der Waals surface area contributed by atoms with Crippen molar-refractivity contribution < 1.29 is 8.42 Å². The molecule has 2 aliphatic heterocycles. The topological polar surface area (TPSA) is 61.8 Å². The van der Waals surface area contributed by atoms with Crippen molar-refractivity contribution in [3.05, 3.63) is 35.9 Å². The number of hydrogen-bond acceptors (Lipinski definition) is 3. The molecule has 2 heterocycles. The van der Waals surface area contributed by atoms with Crippen LogP contribution in [0.15, 0.2) is 35.3 Å². The van der Waals surface area contributed by atoms with Crippen molar-refractivity contribution in [2.24, 2.45) is 16.8 Å². The summed E-state index contributed by atoms with van der Waals surface area (Å²) in [6, 6.07) is 11.3. The van der Waals surface area contributed by atoms with Crippen LogP contribution in [0.5, 0.6) is 0 Å². The highest BCUT2D eigenvalue weighted by Crippen LogP contribution is 2.24. The minimum Gasteiger partial charge on any atom is -0.354 e. The van der Waals surface area contributed by atoms with Gasteiger partial charge in [-0.25, -0.2) is 8.42 Å². The van der Waals surface area contributed by atoms with Crippen molar-refractivity contribution in [3.63, 3.8) is 0 Å². The summed E-state index contributed by atoms with van der Waals surface area (Å²) in [4.78, 5) is 7.24. The molecule has 1 saturated carbocycles. The monoisotopic (exact) mass is 389 g/mol. The van der Waals surface area contributed by atoms with Gasteiger partial charge in [0, 0.05) is 25.7 Å². The molecular weight excluding hydrogens is 358 g/mol. The molecule has 0 bridgehead atoms. The highest BCUT2D eigenvalue weighted by molar-refractivity contribution is 7.91. The number of benzene rings is 1. The van der Waals surface area contributed by atoms with Crippen LogP contribution in [0.1, 0.15) is 37.7 Å². The van der Waals surface area contributed by atoms with Gasteiger partial charge in [0.05, 0.1) is 11.5 Å². The summed E-state index contributed by atoms with van der Waals surface area (Å²) in [5.41, 5.74) is 1.43. The van der Waals surface area contributed by atoms with Gasteiger partial charge in [0.2, 0.25) is 0 Å². The molecule has 0 radical (unpaired) electrons. The Kier molecular flexibility index (Phi) is 5.71. The molecule has 5 nitrogen and oxygen atoms in total. The van der Waals surface area contributed by atoms with Crippen molar-refractivity contribution in [2.75, 3.05) is 31.1 Å². The first-order valence-corrected chi connectivity index (χ1v) is 12.2. The number of piperidine rings is 1. The molecular formula is C21H31N3O2S. The van der Waals surface area contributed by atoms with Crippen LogP contribution in [0.3, 0.4) is 0 Å². The molecule has 2 saturated heterocycles. The third-order valence-corrected chi connectivity index (χ3v) is 7.85. The van der Waals surface area contributed by atoms with Gasteiger partial charge in [-0.1, -0.05) is 30.3 Å². The molecule has 1 N–H and O–H groups in total. The second kappa shape index (κ2) is 8.21. The highest BCUT2D eigenvalue weighted by atomic mass is 32.2. The Balaban J connectivity index is 1.32. The van der Waals surface area contributed by atoms with E-state index >= 15 is 0 Å². The molecule has 1 aromatic carbocycles. The predicted octanol–water partition coefficient (Wildman–Crippen LogP) is 2.48. The molecule has 0 aromatic heterocycles. The number of rotatable bonds is 5. The third-order valence-electron chi connectivity index (χ3n) is 6.02. The number of guanidine groups is 1. The van der Waals surface area contributed by atoms with Gasteiger partial charge >= 0.3 is 0 Å². The predicted molar refractivity (Wildman–Crippen MR) is 110 cm³/mol. The van der Waals surface area contributed by atoms with Crippen molar-refractivity contribution in [1.29, 1.82) is 0 Å². The van der Waals surface area contributed by atoms with Crippen LogP contribution in [0.25, 0.3) is 0 Å². The molecule has 1 aromatic rings. The van der Waals surface area contributed by atoms with Gasteiger partial charge in [-0.3, -0.25) is 4.99 Å². The van der Waals surface area contributed by atoms with Crippen molar-refractivity contribution >= 4 is 15.8 Å². The lowest BCUT2D eigenvalue weighted by molar-refractivity contribution is 0.258. The van der Waals surface area contributed by atoms with E-state index < -0.39 is 9.84 Å². The van der Waals surface area contributed by atoms with E-state index in [1.54, 1.807) is 0 Å². The van der Waals surface area contributed by atoms with Gasteiger partial charge in [-0.05, 0) is 55.9 Å². The molecule has 0 amide bonds. The summed E-state index contributed by atoms with van der Waals surface area (Å²) < 4.78 is 23.4. The van der Waals surface area contributed by atoms with Crippen LogP contribution >= 0.6 is 0 Å². The smallest absolute Gasteiger partial charge is 0.194 e. The molecule has 0 spiro atoms. The van der Waals surface area contributed by atoms with Gasteiger partial charge in [0.1, 0.15) is 0 Å². The lowest BCUT2D eigenvalue weighted by Crippen LogP contribution is -2.46. The molecule has 27 heavy (non-hydrogen) atoms. The zero-order chi connectivity index (χ0) is 18.7. The SMILES string of the molecule is O=S1(=O)CCC(CN=C(NC2CC2)N2CCC(Cc3ccccc3)CC2)C1. The van der Waals surface area contributed by atoms with E-state index in [1.807, 2.05) is 0 Å². The van der Waals surface area contributed by atoms with Crippen LogP contribution in [0.2, 0.25) is 0 Å². The average Bonchev–Trinajstić information content (AvgIpc) is 3.42. The third kappa shape index (κ3) is 5.47. The zero-order valence-corrected chi connectivity index (χ0v) is 16.8. The largest absolute Gasteiger partial charge is 0.354 e.